The van der Waals surface area contributed by atoms with Gasteiger partial charge in [0.05, 0.1) is 0 Å². The predicted octanol–water partition coefficient (Wildman–Crippen LogP) is 0.992. The monoisotopic (exact) mass is 113 g/mol. The number of rotatable bonds is 2. The maximum absolute atomic E-state index is 3.45. The van der Waals surface area contributed by atoms with Crippen LogP contribution in [0.4, 0.5) is 0 Å². The van der Waals surface area contributed by atoms with Crippen molar-refractivity contribution in [3.05, 3.63) is 0 Å². The third kappa shape index (κ3) is 2.66. The third-order valence-electron chi connectivity index (χ3n) is 0.859. The minimum atomic E-state index is 0.877. The van der Waals surface area contributed by atoms with Crippen LogP contribution in [0.2, 0.25) is 5.54 Å². The lowest BCUT2D eigenvalue weighted by molar-refractivity contribution is 0.877. The highest BCUT2D eigenvalue weighted by Gasteiger charge is 1.90. The van der Waals surface area contributed by atoms with Crippen LogP contribution in [0, 0.1) is 0 Å². The molecule has 0 aliphatic rings. The van der Waals surface area contributed by atoms with E-state index in [9.17, 15) is 0 Å². The van der Waals surface area contributed by atoms with Crippen LogP contribution in [0.5, 0.6) is 0 Å². The molecule has 0 heterocycles. The topological polar surface area (TPSA) is 0 Å². The van der Waals surface area contributed by atoms with Crippen LogP contribution in [0.25, 0.3) is 0 Å². The van der Waals surface area contributed by atoms with Crippen molar-refractivity contribution >= 4 is 18.8 Å². The van der Waals surface area contributed by atoms with Crippen LogP contribution in [-0.4, -0.2) is 18.8 Å². The van der Waals surface area contributed by atoms with E-state index in [-0.39, 0.29) is 0 Å². The first kappa shape index (κ1) is 6.43. The molecule has 1 atom stereocenters. The summed E-state index contributed by atoms with van der Waals surface area (Å²) in [6.07, 6.45) is 1.29. The fraction of sp³-hybridized carbons (Fsp3) is 1.00. The Morgan fingerprint density at radius 1 is 1.83 bits per heavy atom. The van der Waals surface area contributed by atoms with Gasteiger partial charge in [-0.1, -0.05) is 25.8 Å². The molecule has 0 amide bonds. The van der Waals surface area contributed by atoms with Gasteiger partial charge in [-0.2, -0.15) is 0 Å². The van der Waals surface area contributed by atoms with Crippen molar-refractivity contribution in [1.29, 1.82) is 0 Å². The van der Waals surface area contributed by atoms with E-state index in [1.807, 2.05) is 0 Å². The van der Waals surface area contributed by atoms with Crippen molar-refractivity contribution < 1.29 is 0 Å². The summed E-state index contributed by atoms with van der Waals surface area (Å²) >= 11 is 0. The molecule has 1 unspecified atom stereocenters. The number of hydrogen-bond donors (Lipinski definition) is 0. The van der Waals surface area contributed by atoms with E-state index in [2.05, 4.69) is 23.6 Å². The first-order valence-corrected chi connectivity index (χ1v) is 4.81. The molecule has 5 radical (unpaired) electrons. The lowest BCUT2D eigenvalue weighted by atomic mass is 10.4. The van der Waals surface area contributed by atoms with Crippen molar-refractivity contribution in [3.8, 4) is 0 Å². The fourth-order valence-electron chi connectivity index (χ4n) is 0.102. The molecule has 0 aromatic rings. The summed E-state index contributed by atoms with van der Waals surface area (Å²) in [6.45, 7) is 4.45. The normalized spacial score (nSPS) is 14.5. The highest BCUT2D eigenvalue weighted by Crippen LogP contribution is 2.01. The highest BCUT2D eigenvalue weighted by molar-refractivity contribution is 6.90. The Balaban J connectivity index is 2.75. The van der Waals surface area contributed by atoms with Crippen molar-refractivity contribution in [2.45, 2.75) is 25.8 Å². The molecule has 33 valence electrons. The standard InChI is InChI=1S/C4H9Si2/c1-3-4(2)6-5/h4H,3H2,1-2H3. The highest BCUT2D eigenvalue weighted by atomic mass is 29.1. The maximum Gasteiger partial charge on any atom is 0.0217 e. The summed E-state index contributed by atoms with van der Waals surface area (Å²) in [4.78, 5) is 0. The van der Waals surface area contributed by atoms with Crippen LogP contribution in [0.15, 0.2) is 0 Å². The molecule has 0 aromatic carbocycles. The summed E-state index contributed by atoms with van der Waals surface area (Å²) in [5.74, 6) is 0. The van der Waals surface area contributed by atoms with E-state index in [1.54, 1.807) is 0 Å². The molecule has 0 saturated heterocycles. The average Bonchev–Trinajstić information content (AvgIpc) is 1.65. The third-order valence-corrected chi connectivity index (χ3v) is 3.24. The smallest absolute Gasteiger partial charge is 0.0217 e. The zero-order chi connectivity index (χ0) is 4.99. The van der Waals surface area contributed by atoms with Crippen molar-refractivity contribution in [3.63, 3.8) is 0 Å². The zero-order valence-electron chi connectivity index (χ0n) is 4.28. The Morgan fingerprint density at radius 3 is 2.33 bits per heavy atom. The molecule has 0 saturated carbocycles. The quantitative estimate of drug-likeness (QED) is 0.469. The Labute approximate surface area is 45.4 Å². The van der Waals surface area contributed by atoms with E-state index in [0.29, 0.717) is 0 Å². The molecule has 0 aliphatic carbocycles. The second kappa shape index (κ2) is 3.62. The fourth-order valence-corrected chi connectivity index (χ4v) is 0.919. The minimum absolute atomic E-state index is 0.877. The molecule has 0 N–H and O–H groups in total. The van der Waals surface area contributed by atoms with Gasteiger partial charge < -0.3 is 0 Å². The molecule has 0 rings (SSSR count). The van der Waals surface area contributed by atoms with Crippen LogP contribution >= 0.6 is 0 Å². The lowest BCUT2D eigenvalue weighted by Crippen LogP contribution is -1.95. The molecule has 6 heavy (non-hydrogen) atoms. The number of hydrogen-bond acceptors (Lipinski definition) is 0. The first-order chi connectivity index (χ1) is 2.81. The molecule has 0 aliphatic heterocycles. The van der Waals surface area contributed by atoms with Crippen LogP contribution in [-0.2, 0) is 0 Å². The molecule has 0 nitrogen and oxygen atoms in total. The molecular weight excluding hydrogens is 104 g/mol. The van der Waals surface area contributed by atoms with Crippen molar-refractivity contribution in [2.75, 3.05) is 0 Å². The zero-order valence-corrected chi connectivity index (χ0v) is 6.28. The first-order valence-electron chi connectivity index (χ1n) is 2.23. The Morgan fingerprint density at radius 2 is 2.33 bits per heavy atom. The van der Waals surface area contributed by atoms with Gasteiger partial charge in [-0.05, 0) is 0 Å². The second-order valence-electron chi connectivity index (χ2n) is 1.45. The largest absolute Gasteiger partial charge is 0.0656 e. The van der Waals surface area contributed by atoms with E-state index in [0.717, 1.165) is 14.6 Å². The van der Waals surface area contributed by atoms with E-state index in [1.165, 1.54) is 6.42 Å². The molecule has 0 bridgehead atoms. The van der Waals surface area contributed by atoms with Gasteiger partial charge in [-0.25, -0.2) is 0 Å². The molecular formula is C4H9Si2. The average molecular weight is 113 g/mol. The van der Waals surface area contributed by atoms with Gasteiger partial charge in [0.25, 0.3) is 0 Å². The molecule has 0 aromatic heterocycles. The molecule has 0 spiro atoms. The van der Waals surface area contributed by atoms with E-state index < -0.39 is 0 Å². The van der Waals surface area contributed by atoms with Crippen molar-refractivity contribution in [1.82, 2.24) is 0 Å². The summed E-state index contributed by atoms with van der Waals surface area (Å²) in [7, 11) is 4.38. The summed E-state index contributed by atoms with van der Waals surface area (Å²) in [5, 5.41) is 0. The van der Waals surface area contributed by atoms with Gasteiger partial charge in [-0.15, -0.1) is 0 Å². The SMILES string of the molecule is CCC(C)[Si][Si]. The maximum atomic E-state index is 3.45. The summed E-state index contributed by atoms with van der Waals surface area (Å²) < 4.78 is 0. The summed E-state index contributed by atoms with van der Waals surface area (Å²) in [5.41, 5.74) is 0.877. The molecule has 2 heteroatoms. The Kier molecular flexibility index (Phi) is 3.88. The van der Waals surface area contributed by atoms with Gasteiger partial charge in [0.15, 0.2) is 0 Å². The minimum Gasteiger partial charge on any atom is -0.0656 e. The van der Waals surface area contributed by atoms with Gasteiger partial charge in [0, 0.05) is 18.8 Å². The van der Waals surface area contributed by atoms with E-state index >= 15 is 0 Å². The predicted molar refractivity (Wildman–Crippen MR) is 31.2 cm³/mol. The van der Waals surface area contributed by atoms with Crippen molar-refractivity contribution in [2.24, 2.45) is 0 Å². The Hall–Kier alpha value is 0.434. The van der Waals surface area contributed by atoms with Gasteiger partial charge in [0.1, 0.15) is 0 Å². The Bertz CT molecular complexity index is 24.7. The van der Waals surface area contributed by atoms with Crippen LogP contribution in [0.1, 0.15) is 20.3 Å². The van der Waals surface area contributed by atoms with Crippen LogP contribution < -0.4 is 0 Å². The lowest BCUT2D eigenvalue weighted by Gasteiger charge is -1.97. The van der Waals surface area contributed by atoms with Gasteiger partial charge >= 0.3 is 0 Å². The van der Waals surface area contributed by atoms with Crippen LogP contribution in [0.3, 0.4) is 0 Å². The summed E-state index contributed by atoms with van der Waals surface area (Å²) in [6, 6.07) is 0. The van der Waals surface area contributed by atoms with Gasteiger partial charge in [-0.3, -0.25) is 0 Å². The molecule has 0 fully saturated rings. The van der Waals surface area contributed by atoms with Gasteiger partial charge in [0.2, 0.25) is 0 Å². The second-order valence-corrected chi connectivity index (χ2v) is 3.59. The van der Waals surface area contributed by atoms with E-state index in [4.69, 9.17) is 0 Å².